The van der Waals surface area contributed by atoms with E-state index >= 15 is 0 Å². The first-order valence-corrected chi connectivity index (χ1v) is 11.4. The molecule has 0 saturated carbocycles. The number of guanidine groups is 1. The molecule has 0 radical (unpaired) electrons. The van der Waals surface area contributed by atoms with Crippen molar-refractivity contribution in [2.45, 2.75) is 45.4 Å². The Bertz CT molecular complexity index is 746. The molecule has 3 N–H and O–H groups in total. The molecule has 1 aromatic carbocycles. The van der Waals surface area contributed by atoms with Crippen LogP contribution in [0.5, 0.6) is 0 Å². The Hall–Kier alpha value is -2.16. The van der Waals surface area contributed by atoms with Gasteiger partial charge in [0.15, 0.2) is 5.96 Å². The van der Waals surface area contributed by atoms with Crippen molar-refractivity contribution < 1.29 is 14.6 Å². The minimum Gasteiger partial charge on any atom is -0.387 e. The van der Waals surface area contributed by atoms with Crippen LogP contribution in [0.15, 0.2) is 29.3 Å². The number of β-amino-alcohol motifs (C(OH)–C–C–N with tert-alkyl or cyclic N) is 1. The maximum atomic E-state index is 12.0. The smallest absolute Gasteiger partial charge is 0.222 e. The van der Waals surface area contributed by atoms with E-state index in [1.165, 1.54) is 0 Å². The Labute approximate surface area is 185 Å². The van der Waals surface area contributed by atoms with Gasteiger partial charge in [0.2, 0.25) is 5.91 Å². The lowest BCUT2D eigenvalue weighted by atomic mass is 10.1. The second-order valence-electron chi connectivity index (χ2n) is 8.62. The molecule has 0 aromatic heterocycles. The number of carbonyl (C=O) groups is 1. The molecule has 1 aromatic rings. The van der Waals surface area contributed by atoms with Crippen molar-refractivity contribution in [3.8, 4) is 0 Å². The van der Waals surface area contributed by atoms with Gasteiger partial charge in [0.05, 0.1) is 25.4 Å². The number of benzene rings is 1. The second-order valence-corrected chi connectivity index (χ2v) is 8.62. The van der Waals surface area contributed by atoms with E-state index < -0.39 is 5.60 Å². The molecule has 1 atom stereocenters. The number of amides is 1. The number of nitrogens with zero attached hydrogens (tertiary/aromatic N) is 3. The summed E-state index contributed by atoms with van der Waals surface area (Å²) in [5.41, 5.74) is 1.37. The van der Waals surface area contributed by atoms with E-state index in [0.717, 1.165) is 56.9 Å². The van der Waals surface area contributed by atoms with Crippen molar-refractivity contribution in [3.63, 3.8) is 0 Å². The minimum absolute atomic E-state index is 0.232. The molecule has 2 heterocycles. The van der Waals surface area contributed by atoms with Crippen LogP contribution in [0, 0.1) is 0 Å². The highest BCUT2D eigenvalue weighted by molar-refractivity contribution is 5.80. The SMILES string of the molecule is CCNC(=NCc1ccccc1CN1CCCC1=O)NCC(C)(O)CN1CCOCC1. The molecule has 8 heteroatoms. The Kier molecular flexibility index (Phi) is 8.69. The van der Waals surface area contributed by atoms with Gasteiger partial charge in [-0.3, -0.25) is 9.69 Å². The van der Waals surface area contributed by atoms with Gasteiger partial charge in [0.25, 0.3) is 0 Å². The molecule has 1 amide bonds. The van der Waals surface area contributed by atoms with Crippen molar-refractivity contribution in [2.24, 2.45) is 4.99 Å². The van der Waals surface area contributed by atoms with Gasteiger partial charge in [-0.25, -0.2) is 4.99 Å². The van der Waals surface area contributed by atoms with Gasteiger partial charge in [0, 0.05) is 52.2 Å². The standard InChI is InChI=1S/C23H37N5O3/c1-3-24-22(26-17-23(2,30)18-27-11-13-31-14-12-27)25-15-19-7-4-5-8-20(19)16-28-10-6-9-21(28)29/h4-5,7-8,30H,3,6,9-18H2,1-2H3,(H2,24,25,26). The number of hydrogen-bond donors (Lipinski definition) is 3. The summed E-state index contributed by atoms with van der Waals surface area (Å²) in [5.74, 6) is 0.910. The predicted octanol–water partition coefficient (Wildman–Crippen LogP) is 0.947. The third-order valence-corrected chi connectivity index (χ3v) is 5.71. The van der Waals surface area contributed by atoms with E-state index in [-0.39, 0.29) is 5.91 Å². The third-order valence-electron chi connectivity index (χ3n) is 5.71. The molecule has 2 aliphatic rings. The minimum atomic E-state index is -0.873. The zero-order valence-electron chi connectivity index (χ0n) is 18.9. The number of carbonyl (C=O) groups excluding carboxylic acids is 1. The lowest BCUT2D eigenvalue weighted by Gasteiger charge is -2.34. The molecule has 3 rings (SSSR count). The molecule has 0 bridgehead atoms. The van der Waals surface area contributed by atoms with Crippen LogP contribution in [0.2, 0.25) is 0 Å². The fourth-order valence-corrected chi connectivity index (χ4v) is 4.02. The Balaban J connectivity index is 1.58. The van der Waals surface area contributed by atoms with Crippen LogP contribution in [0.25, 0.3) is 0 Å². The molecule has 2 aliphatic heterocycles. The largest absolute Gasteiger partial charge is 0.387 e. The van der Waals surface area contributed by atoms with Crippen molar-refractivity contribution in [1.29, 1.82) is 0 Å². The fraction of sp³-hybridized carbons (Fsp3) is 0.652. The number of rotatable bonds is 9. The maximum absolute atomic E-state index is 12.0. The van der Waals surface area contributed by atoms with E-state index in [2.05, 4.69) is 27.7 Å². The highest BCUT2D eigenvalue weighted by Gasteiger charge is 2.25. The van der Waals surface area contributed by atoms with Gasteiger partial charge >= 0.3 is 0 Å². The Morgan fingerprint density at radius 2 is 1.94 bits per heavy atom. The molecule has 1 unspecified atom stereocenters. The molecule has 172 valence electrons. The molecule has 2 fully saturated rings. The maximum Gasteiger partial charge on any atom is 0.222 e. The van der Waals surface area contributed by atoms with Crippen molar-refractivity contribution in [3.05, 3.63) is 35.4 Å². The monoisotopic (exact) mass is 431 g/mol. The normalized spacial score (nSPS) is 20.0. The first-order chi connectivity index (χ1) is 15.0. The average Bonchev–Trinajstić information content (AvgIpc) is 3.16. The predicted molar refractivity (Wildman–Crippen MR) is 122 cm³/mol. The van der Waals surface area contributed by atoms with Gasteiger partial charge in [-0.15, -0.1) is 0 Å². The summed E-state index contributed by atoms with van der Waals surface area (Å²) in [7, 11) is 0. The summed E-state index contributed by atoms with van der Waals surface area (Å²) < 4.78 is 5.39. The molecule has 0 aliphatic carbocycles. The van der Waals surface area contributed by atoms with Crippen LogP contribution in [-0.4, -0.2) is 84.9 Å². The number of likely N-dealkylation sites (tertiary alicyclic amines) is 1. The lowest BCUT2D eigenvalue weighted by molar-refractivity contribution is -0.128. The van der Waals surface area contributed by atoms with Gasteiger partial charge in [-0.1, -0.05) is 24.3 Å². The summed E-state index contributed by atoms with van der Waals surface area (Å²) in [6.07, 6.45) is 1.59. The Morgan fingerprint density at radius 1 is 1.19 bits per heavy atom. The average molecular weight is 432 g/mol. The highest BCUT2D eigenvalue weighted by Crippen LogP contribution is 2.18. The van der Waals surface area contributed by atoms with Crippen molar-refractivity contribution >= 4 is 11.9 Å². The number of ether oxygens (including phenoxy) is 1. The van der Waals surface area contributed by atoms with Crippen LogP contribution in [0.3, 0.4) is 0 Å². The molecular formula is C23H37N5O3. The zero-order chi connectivity index (χ0) is 22.1. The van der Waals surface area contributed by atoms with Crippen LogP contribution in [0.4, 0.5) is 0 Å². The van der Waals surface area contributed by atoms with Gasteiger partial charge < -0.3 is 25.4 Å². The third kappa shape index (κ3) is 7.48. The van der Waals surface area contributed by atoms with Gasteiger partial charge in [-0.2, -0.15) is 0 Å². The van der Waals surface area contributed by atoms with Crippen molar-refractivity contribution in [2.75, 3.05) is 52.5 Å². The molecule has 8 nitrogen and oxygen atoms in total. The molecular weight excluding hydrogens is 394 g/mol. The van der Waals surface area contributed by atoms with Gasteiger partial charge in [-0.05, 0) is 31.4 Å². The first kappa shape index (κ1) is 23.5. The summed E-state index contributed by atoms with van der Waals surface area (Å²) in [5, 5.41) is 17.4. The first-order valence-electron chi connectivity index (χ1n) is 11.4. The van der Waals surface area contributed by atoms with E-state index in [1.807, 2.05) is 30.9 Å². The van der Waals surface area contributed by atoms with Crippen LogP contribution < -0.4 is 10.6 Å². The number of aliphatic imine (C=N–C) groups is 1. The topological polar surface area (TPSA) is 89.4 Å². The number of aliphatic hydroxyl groups is 1. The number of nitrogens with one attached hydrogen (secondary N) is 2. The highest BCUT2D eigenvalue weighted by atomic mass is 16.5. The van der Waals surface area contributed by atoms with Crippen molar-refractivity contribution in [1.82, 2.24) is 20.4 Å². The molecule has 0 spiro atoms. The number of hydrogen-bond acceptors (Lipinski definition) is 5. The van der Waals surface area contributed by atoms with Crippen LogP contribution in [-0.2, 0) is 22.6 Å². The summed E-state index contributed by atoms with van der Waals surface area (Å²) in [6, 6.07) is 8.16. The summed E-state index contributed by atoms with van der Waals surface area (Å²) in [6.45, 7) is 10.7. The summed E-state index contributed by atoms with van der Waals surface area (Å²) in [4.78, 5) is 20.9. The number of morpholine rings is 1. The van der Waals surface area contributed by atoms with E-state index in [1.54, 1.807) is 0 Å². The van der Waals surface area contributed by atoms with Crippen LogP contribution >= 0.6 is 0 Å². The van der Waals surface area contributed by atoms with Crippen LogP contribution in [0.1, 0.15) is 37.8 Å². The fourth-order valence-electron chi connectivity index (χ4n) is 4.02. The van der Waals surface area contributed by atoms with E-state index in [4.69, 9.17) is 9.73 Å². The second kappa shape index (κ2) is 11.5. The zero-order valence-corrected chi connectivity index (χ0v) is 18.9. The van der Waals surface area contributed by atoms with Gasteiger partial charge in [0.1, 0.15) is 0 Å². The van der Waals surface area contributed by atoms with E-state index in [9.17, 15) is 9.90 Å². The molecule has 31 heavy (non-hydrogen) atoms. The lowest BCUT2D eigenvalue weighted by Crippen LogP contribution is -2.52. The Morgan fingerprint density at radius 3 is 2.61 bits per heavy atom. The summed E-state index contributed by atoms with van der Waals surface area (Å²) >= 11 is 0. The molecule has 2 saturated heterocycles. The van der Waals surface area contributed by atoms with E-state index in [0.29, 0.717) is 38.6 Å². The quantitative estimate of drug-likeness (QED) is 0.399.